The molecule has 1 aromatic rings. The third kappa shape index (κ3) is 2.29. The quantitative estimate of drug-likeness (QED) is 0.895. The van der Waals surface area contributed by atoms with Gasteiger partial charge in [0.25, 0.3) is 0 Å². The molecular weight excluding hydrogens is 254 g/mol. The molecule has 0 unspecified atom stereocenters. The van der Waals surface area contributed by atoms with Crippen LogP contribution < -0.4 is 5.32 Å². The fourth-order valence-corrected chi connectivity index (χ4v) is 2.84. The predicted octanol–water partition coefficient (Wildman–Crippen LogP) is 2.40. The van der Waals surface area contributed by atoms with Crippen LogP contribution in [0, 0.1) is 0 Å². The second kappa shape index (κ2) is 5.66. The molecule has 20 heavy (non-hydrogen) atoms. The number of ether oxygens (including phenoxy) is 2. The van der Waals surface area contributed by atoms with Crippen LogP contribution in [0.2, 0.25) is 0 Å². The molecule has 0 radical (unpaired) electrons. The average Bonchev–Trinajstić information content (AvgIpc) is 2.44. The minimum Gasteiger partial charge on any atom is -0.376 e. The van der Waals surface area contributed by atoms with Crippen LogP contribution in [0.1, 0.15) is 49.7 Å². The number of rotatable bonds is 5. The summed E-state index contributed by atoms with van der Waals surface area (Å²) >= 11 is 0. The maximum atomic E-state index is 5.73. The standard InChI is InChI=1S/C15H23N3O2/c1-3-8-16-13-11-10-20-9-5-12(11)17-14(18-13)15(19-2)6-4-7-15/h3-10H2,1-2H3,(H,16,17,18). The summed E-state index contributed by atoms with van der Waals surface area (Å²) in [5.41, 5.74) is 2.00. The molecule has 1 N–H and O–H groups in total. The van der Waals surface area contributed by atoms with E-state index in [9.17, 15) is 0 Å². The molecule has 1 aliphatic carbocycles. The van der Waals surface area contributed by atoms with Crippen molar-refractivity contribution >= 4 is 5.82 Å². The fraction of sp³-hybridized carbons (Fsp3) is 0.733. The summed E-state index contributed by atoms with van der Waals surface area (Å²) < 4.78 is 11.3. The van der Waals surface area contributed by atoms with E-state index in [1.165, 1.54) is 6.42 Å². The van der Waals surface area contributed by atoms with Crippen LogP contribution in [0.5, 0.6) is 0 Å². The number of hydrogen-bond donors (Lipinski definition) is 1. The van der Waals surface area contributed by atoms with Gasteiger partial charge in [0.05, 0.1) is 18.9 Å². The fourth-order valence-electron chi connectivity index (χ4n) is 2.84. The number of methoxy groups -OCH3 is 1. The van der Waals surface area contributed by atoms with Crippen molar-refractivity contribution in [3.63, 3.8) is 0 Å². The van der Waals surface area contributed by atoms with Crippen LogP contribution in [0.15, 0.2) is 0 Å². The third-order valence-electron chi connectivity index (χ3n) is 4.32. The molecule has 0 aromatic carbocycles. The van der Waals surface area contributed by atoms with Crippen LogP contribution in [0.4, 0.5) is 5.82 Å². The molecule has 5 heteroatoms. The summed E-state index contributed by atoms with van der Waals surface area (Å²) in [6, 6.07) is 0. The van der Waals surface area contributed by atoms with Gasteiger partial charge in [0.2, 0.25) is 0 Å². The molecule has 0 bridgehead atoms. The smallest absolute Gasteiger partial charge is 0.162 e. The Morgan fingerprint density at radius 3 is 2.85 bits per heavy atom. The number of fused-ring (bicyclic) bond motifs is 1. The van der Waals surface area contributed by atoms with Gasteiger partial charge >= 0.3 is 0 Å². The van der Waals surface area contributed by atoms with E-state index < -0.39 is 0 Å². The largest absolute Gasteiger partial charge is 0.376 e. The first-order valence-electron chi connectivity index (χ1n) is 7.56. The van der Waals surface area contributed by atoms with Gasteiger partial charge in [-0.2, -0.15) is 0 Å². The lowest BCUT2D eigenvalue weighted by Gasteiger charge is -2.39. The second-order valence-corrected chi connectivity index (χ2v) is 5.60. The van der Waals surface area contributed by atoms with Gasteiger partial charge in [-0.05, 0) is 25.7 Å². The summed E-state index contributed by atoms with van der Waals surface area (Å²) in [6.07, 6.45) is 5.17. The monoisotopic (exact) mass is 277 g/mol. The Morgan fingerprint density at radius 1 is 1.35 bits per heavy atom. The number of aromatic nitrogens is 2. The zero-order chi connectivity index (χ0) is 14.0. The highest BCUT2D eigenvalue weighted by Crippen LogP contribution is 2.43. The van der Waals surface area contributed by atoms with Crippen molar-refractivity contribution < 1.29 is 9.47 Å². The SMILES string of the molecule is CCCNc1nc(C2(OC)CCC2)nc2c1COCC2. The third-order valence-corrected chi connectivity index (χ3v) is 4.32. The van der Waals surface area contributed by atoms with E-state index >= 15 is 0 Å². The normalized spacial score (nSPS) is 20.1. The molecule has 1 fully saturated rings. The highest BCUT2D eigenvalue weighted by Gasteiger charge is 2.42. The van der Waals surface area contributed by atoms with Gasteiger partial charge in [-0.25, -0.2) is 9.97 Å². The molecule has 1 saturated carbocycles. The first-order valence-corrected chi connectivity index (χ1v) is 7.56. The lowest BCUT2D eigenvalue weighted by atomic mass is 9.79. The van der Waals surface area contributed by atoms with E-state index in [1.807, 2.05) is 0 Å². The highest BCUT2D eigenvalue weighted by molar-refractivity contribution is 5.47. The first-order chi connectivity index (χ1) is 9.79. The predicted molar refractivity (Wildman–Crippen MR) is 76.7 cm³/mol. The molecule has 1 aliphatic heterocycles. The molecule has 0 amide bonds. The second-order valence-electron chi connectivity index (χ2n) is 5.60. The van der Waals surface area contributed by atoms with Crippen molar-refractivity contribution in [3.8, 4) is 0 Å². The zero-order valence-electron chi connectivity index (χ0n) is 12.4. The van der Waals surface area contributed by atoms with E-state index in [1.54, 1.807) is 7.11 Å². The Labute approximate surface area is 120 Å². The van der Waals surface area contributed by atoms with Crippen molar-refractivity contribution in [1.29, 1.82) is 0 Å². The zero-order valence-corrected chi connectivity index (χ0v) is 12.4. The molecule has 2 heterocycles. The van der Waals surface area contributed by atoms with Crippen molar-refractivity contribution in [3.05, 3.63) is 17.1 Å². The summed E-state index contributed by atoms with van der Waals surface area (Å²) in [5, 5.41) is 3.42. The lowest BCUT2D eigenvalue weighted by molar-refractivity contribution is -0.0848. The molecule has 3 rings (SSSR count). The van der Waals surface area contributed by atoms with Gasteiger partial charge in [0, 0.05) is 25.6 Å². The maximum Gasteiger partial charge on any atom is 0.162 e. The topological polar surface area (TPSA) is 56.3 Å². The van der Waals surface area contributed by atoms with Crippen molar-refractivity contribution in [1.82, 2.24) is 9.97 Å². The molecule has 1 aromatic heterocycles. The molecule has 0 spiro atoms. The number of nitrogens with one attached hydrogen (secondary N) is 1. The molecular formula is C15H23N3O2. The Bertz CT molecular complexity index is 481. The number of nitrogens with zero attached hydrogens (tertiary/aromatic N) is 2. The van der Waals surface area contributed by atoms with Gasteiger partial charge in [-0.3, -0.25) is 0 Å². The van der Waals surface area contributed by atoms with Crippen LogP contribution >= 0.6 is 0 Å². The molecule has 2 aliphatic rings. The van der Waals surface area contributed by atoms with Crippen molar-refractivity contribution in [2.75, 3.05) is 25.6 Å². The summed E-state index contributed by atoms with van der Waals surface area (Å²) in [4.78, 5) is 9.55. The Kier molecular flexibility index (Phi) is 3.89. The average molecular weight is 277 g/mol. The molecule has 0 atom stereocenters. The van der Waals surface area contributed by atoms with Crippen LogP contribution in [0.3, 0.4) is 0 Å². The van der Waals surface area contributed by atoms with Gasteiger partial charge in [-0.1, -0.05) is 6.92 Å². The number of anilines is 1. The van der Waals surface area contributed by atoms with Crippen LogP contribution in [0.25, 0.3) is 0 Å². The van der Waals surface area contributed by atoms with Crippen molar-refractivity contribution in [2.24, 2.45) is 0 Å². The summed E-state index contributed by atoms with van der Waals surface area (Å²) in [7, 11) is 1.77. The van der Waals surface area contributed by atoms with Crippen LogP contribution in [-0.2, 0) is 28.1 Å². The van der Waals surface area contributed by atoms with E-state index in [4.69, 9.17) is 19.4 Å². The van der Waals surface area contributed by atoms with Crippen molar-refractivity contribution in [2.45, 2.75) is 51.2 Å². The van der Waals surface area contributed by atoms with E-state index in [0.717, 1.165) is 61.7 Å². The van der Waals surface area contributed by atoms with Gasteiger partial charge < -0.3 is 14.8 Å². The number of hydrogen-bond acceptors (Lipinski definition) is 5. The Balaban J connectivity index is 1.98. The van der Waals surface area contributed by atoms with Crippen LogP contribution in [-0.4, -0.2) is 30.2 Å². The van der Waals surface area contributed by atoms with E-state index in [2.05, 4.69) is 12.2 Å². The summed E-state index contributed by atoms with van der Waals surface area (Å²) in [6.45, 7) is 4.43. The van der Waals surface area contributed by atoms with Gasteiger partial charge in [0.15, 0.2) is 5.82 Å². The minimum atomic E-state index is -0.254. The van der Waals surface area contributed by atoms with Gasteiger partial charge in [0.1, 0.15) is 11.4 Å². The maximum absolute atomic E-state index is 5.73. The molecule has 110 valence electrons. The highest BCUT2D eigenvalue weighted by atomic mass is 16.5. The molecule has 0 saturated heterocycles. The van der Waals surface area contributed by atoms with E-state index in [0.29, 0.717) is 6.61 Å². The summed E-state index contributed by atoms with van der Waals surface area (Å²) in [5.74, 6) is 1.79. The minimum absolute atomic E-state index is 0.254. The van der Waals surface area contributed by atoms with E-state index in [-0.39, 0.29) is 5.60 Å². The first kappa shape index (κ1) is 13.8. The molecule has 5 nitrogen and oxygen atoms in total. The Morgan fingerprint density at radius 2 is 2.20 bits per heavy atom. The lowest BCUT2D eigenvalue weighted by Crippen LogP contribution is -2.39. The Hall–Kier alpha value is -1.20. The van der Waals surface area contributed by atoms with Gasteiger partial charge in [-0.15, -0.1) is 0 Å².